The molecular weight excluding hydrogens is 313 g/mol. The van der Waals surface area contributed by atoms with E-state index in [0.29, 0.717) is 21.1 Å². The summed E-state index contributed by atoms with van der Waals surface area (Å²) < 4.78 is 0. The molecule has 0 saturated heterocycles. The van der Waals surface area contributed by atoms with E-state index in [-0.39, 0.29) is 0 Å². The maximum atomic E-state index is 6.32. The van der Waals surface area contributed by atoms with Crippen molar-refractivity contribution in [3.63, 3.8) is 0 Å². The third kappa shape index (κ3) is 3.67. The lowest BCUT2D eigenvalue weighted by Crippen LogP contribution is -2.22. The standard InChI is InChI=1S/C16H16Cl3N/c1-10(2)20-9-11-6-7-12(17)8-14(11)13-4-3-5-15(18)16(13)19/h3-8,10,20H,9H2,1-2H3. The molecule has 2 aromatic carbocycles. The minimum Gasteiger partial charge on any atom is -0.310 e. The average molecular weight is 329 g/mol. The summed E-state index contributed by atoms with van der Waals surface area (Å²) in [6, 6.07) is 11.9. The Kier molecular flexibility index (Phi) is 5.34. The highest BCUT2D eigenvalue weighted by Gasteiger charge is 2.12. The van der Waals surface area contributed by atoms with E-state index >= 15 is 0 Å². The quantitative estimate of drug-likeness (QED) is 0.746. The lowest BCUT2D eigenvalue weighted by atomic mass is 9.99. The van der Waals surface area contributed by atoms with Gasteiger partial charge in [0.15, 0.2) is 0 Å². The van der Waals surface area contributed by atoms with E-state index in [2.05, 4.69) is 19.2 Å². The van der Waals surface area contributed by atoms with Crippen LogP contribution in [0.5, 0.6) is 0 Å². The smallest absolute Gasteiger partial charge is 0.0670 e. The maximum absolute atomic E-state index is 6.32. The molecule has 0 amide bonds. The number of benzene rings is 2. The molecule has 0 aromatic heterocycles. The van der Waals surface area contributed by atoms with Crippen LogP contribution in [0.15, 0.2) is 36.4 Å². The van der Waals surface area contributed by atoms with Crippen LogP contribution in [0, 0.1) is 0 Å². The third-order valence-electron chi connectivity index (χ3n) is 3.01. The van der Waals surface area contributed by atoms with Gasteiger partial charge in [-0.25, -0.2) is 0 Å². The molecule has 0 atom stereocenters. The summed E-state index contributed by atoms with van der Waals surface area (Å²) in [4.78, 5) is 0. The Morgan fingerprint density at radius 3 is 2.45 bits per heavy atom. The van der Waals surface area contributed by atoms with Crippen molar-refractivity contribution in [2.75, 3.05) is 0 Å². The first-order valence-electron chi connectivity index (χ1n) is 6.45. The molecule has 0 saturated carbocycles. The van der Waals surface area contributed by atoms with E-state index in [9.17, 15) is 0 Å². The van der Waals surface area contributed by atoms with Crippen molar-refractivity contribution in [1.82, 2.24) is 5.32 Å². The lowest BCUT2D eigenvalue weighted by molar-refractivity contribution is 0.589. The molecule has 2 aromatic rings. The molecule has 0 heterocycles. The van der Waals surface area contributed by atoms with Crippen molar-refractivity contribution in [1.29, 1.82) is 0 Å². The van der Waals surface area contributed by atoms with Crippen molar-refractivity contribution >= 4 is 34.8 Å². The summed E-state index contributed by atoms with van der Waals surface area (Å²) >= 11 is 18.5. The van der Waals surface area contributed by atoms with Gasteiger partial charge in [-0.2, -0.15) is 0 Å². The Bertz CT molecular complexity index is 609. The van der Waals surface area contributed by atoms with Gasteiger partial charge in [0.05, 0.1) is 10.0 Å². The molecule has 0 fully saturated rings. The molecule has 0 aliphatic carbocycles. The Labute approximate surface area is 134 Å². The van der Waals surface area contributed by atoms with Gasteiger partial charge in [-0.3, -0.25) is 0 Å². The SMILES string of the molecule is CC(C)NCc1ccc(Cl)cc1-c1cccc(Cl)c1Cl. The lowest BCUT2D eigenvalue weighted by Gasteiger charge is -2.15. The molecule has 0 bridgehead atoms. The average Bonchev–Trinajstić information content (AvgIpc) is 2.40. The van der Waals surface area contributed by atoms with Gasteiger partial charge in [0, 0.05) is 23.2 Å². The normalized spacial score (nSPS) is 11.1. The number of hydrogen-bond acceptors (Lipinski definition) is 1. The Hall–Kier alpha value is -0.730. The van der Waals surface area contributed by atoms with Crippen LogP contribution in [0.4, 0.5) is 0 Å². The van der Waals surface area contributed by atoms with Gasteiger partial charge in [0.2, 0.25) is 0 Å². The Morgan fingerprint density at radius 2 is 1.75 bits per heavy atom. The summed E-state index contributed by atoms with van der Waals surface area (Å²) in [5.41, 5.74) is 3.06. The number of rotatable bonds is 4. The highest BCUT2D eigenvalue weighted by Crippen LogP contribution is 2.36. The van der Waals surface area contributed by atoms with Crippen molar-refractivity contribution in [2.24, 2.45) is 0 Å². The van der Waals surface area contributed by atoms with E-state index in [4.69, 9.17) is 34.8 Å². The maximum Gasteiger partial charge on any atom is 0.0670 e. The van der Waals surface area contributed by atoms with Crippen molar-refractivity contribution in [3.8, 4) is 11.1 Å². The first kappa shape index (κ1) is 15.7. The molecule has 0 radical (unpaired) electrons. The largest absolute Gasteiger partial charge is 0.310 e. The number of nitrogens with one attached hydrogen (secondary N) is 1. The zero-order valence-corrected chi connectivity index (χ0v) is 13.7. The first-order valence-corrected chi connectivity index (χ1v) is 7.58. The van der Waals surface area contributed by atoms with Crippen LogP contribution >= 0.6 is 34.8 Å². The second-order valence-electron chi connectivity index (χ2n) is 4.94. The molecule has 0 unspecified atom stereocenters. The highest BCUT2D eigenvalue weighted by molar-refractivity contribution is 6.43. The Balaban J connectivity index is 2.48. The van der Waals surface area contributed by atoms with Crippen LogP contribution in [0.3, 0.4) is 0 Å². The zero-order chi connectivity index (χ0) is 14.7. The molecule has 0 aliphatic rings. The van der Waals surface area contributed by atoms with Gasteiger partial charge in [-0.15, -0.1) is 0 Å². The van der Waals surface area contributed by atoms with E-state index < -0.39 is 0 Å². The van der Waals surface area contributed by atoms with Crippen molar-refractivity contribution in [2.45, 2.75) is 26.4 Å². The van der Waals surface area contributed by atoms with Crippen molar-refractivity contribution in [3.05, 3.63) is 57.0 Å². The molecule has 106 valence electrons. The monoisotopic (exact) mass is 327 g/mol. The number of halogens is 3. The topological polar surface area (TPSA) is 12.0 Å². The van der Waals surface area contributed by atoms with Gasteiger partial charge < -0.3 is 5.32 Å². The van der Waals surface area contributed by atoms with Gasteiger partial charge >= 0.3 is 0 Å². The minimum atomic E-state index is 0.411. The fourth-order valence-electron chi connectivity index (χ4n) is 1.98. The fraction of sp³-hybridized carbons (Fsp3) is 0.250. The molecule has 20 heavy (non-hydrogen) atoms. The summed E-state index contributed by atoms with van der Waals surface area (Å²) in [6.45, 7) is 4.98. The Morgan fingerprint density at radius 1 is 1.00 bits per heavy atom. The van der Waals surface area contributed by atoms with Crippen LogP contribution in [0.2, 0.25) is 15.1 Å². The predicted molar refractivity (Wildman–Crippen MR) is 88.9 cm³/mol. The molecule has 0 spiro atoms. The van der Waals surface area contributed by atoms with Crippen LogP contribution in [0.1, 0.15) is 19.4 Å². The highest BCUT2D eigenvalue weighted by atomic mass is 35.5. The fourth-order valence-corrected chi connectivity index (χ4v) is 2.55. The van der Waals surface area contributed by atoms with Gasteiger partial charge in [0.1, 0.15) is 0 Å². The molecule has 0 aliphatic heterocycles. The van der Waals surface area contributed by atoms with Crippen LogP contribution in [0.25, 0.3) is 11.1 Å². The molecule has 2 rings (SSSR count). The summed E-state index contributed by atoms with van der Waals surface area (Å²) in [5, 5.41) is 5.20. The zero-order valence-electron chi connectivity index (χ0n) is 11.4. The minimum absolute atomic E-state index is 0.411. The number of hydrogen-bond donors (Lipinski definition) is 1. The van der Waals surface area contributed by atoms with Gasteiger partial charge in [-0.05, 0) is 29.3 Å². The second-order valence-corrected chi connectivity index (χ2v) is 6.16. The van der Waals surface area contributed by atoms with Gasteiger partial charge in [-0.1, -0.05) is 66.8 Å². The summed E-state index contributed by atoms with van der Waals surface area (Å²) in [6.07, 6.45) is 0. The molecular formula is C16H16Cl3N. The van der Waals surface area contributed by atoms with E-state index in [1.165, 1.54) is 0 Å². The van der Waals surface area contributed by atoms with Gasteiger partial charge in [0.25, 0.3) is 0 Å². The molecule has 4 heteroatoms. The predicted octanol–water partition coefficient (Wildman–Crippen LogP) is 5.81. The van der Waals surface area contributed by atoms with E-state index in [1.54, 1.807) is 6.07 Å². The molecule has 1 nitrogen and oxygen atoms in total. The second kappa shape index (κ2) is 6.82. The summed E-state index contributed by atoms with van der Waals surface area (Å²) in [5.74, 6) is 0. The van der Waals surface area contributed by atoms with Crippen LogP contribution in [-0.2, 0) is 6.54 Å². The summed E-state index contributed by atoms with van der Waals surface area (Å²) in [7, 11) is 0. The van der Waals surface area contributed by atoms with E-state index in [1.807, 2.05) is 30.3 Å². The van der Waals surface area contributed by atoms with Crippen LogP contribution in [-0.4, -0.2) is 6.04 Å². The van der Waals surface area contributed by atoms with Crippen molar-refractivity contribution < 1.29 is 0 Å². The third-order valence-corrected chi connectivity index (χ3v) is 4.07. The first-order chi connectivity index (χ1) is 9.49. The van der Waals surface area contributed by atoms with E-state index in [0.717, 1.165) is 23.2 Å². The van der Waals surface area contributed by atoms with Crippen LogP contribution < -0.4 is 5.32 Å². The molecule has 1 N–H and O–H groups in total.